The molecule has 4 rings (SSSR count). The number of hydrogen-bond acceptors (Lipinski definition) is 3. The Labute approximate surface area is 148 Å². The zero-order valence-electron chi connectivity index (χ0n) is 14.6. The van der Waals surface area contributed by atoms with Gasteiger partial charge in [-0.3, -0.25) is 4.79 Å². The average molecular weight is 339 g/mol. The molecule has 25 heavy (non-hydrogen) atoms. The van der Waals surface area contributed by atoms with Gasteiger partial charge in [-0.2, -0.15) is 0 Å². The van der Waals surface area contributed by atoms with E-state index in [1.807, 2.05) is 22.7 Å². The lowest BCUT2D eigenvalue weighted by Gasteiger charge is -2.35. The number of rotatable bonds is 3. The Bertz CT molecular complexity index is 737. The molecule has 5 nitrogen and oxygen atoms in total. The molecule has 1 saturated heterocycles. The highest BCUT2D eigenvalue weighted by atomic mass is 16.3. The Kier molecular flexibility index (Phi) is 4.34. The van der Waals surface area contributed by atoms with Crippen LogP contribution in [0.1, 0.15) is 35.9 Å². The van der Waals surface area contributed by atoms with Crippen LogP contribution < -0.4 is 0 Å². The van der Waals surface area contributed by atoms with Gasteiger partial charge in [-0.05, 0) is 42.7 Å². The highest BCUT2D eigenvalue weighted by Crippen LogP contribution is 2.32. The Morgan fingerprint density at radius 3 is 2.40 bits per heavy atom. The molecule has 1 aromatic heterocycles. The molecule has 5 heteroatoms. The van der Waals surface area contributed by atoms with Gasteiger partial charge in [-0.1, -0.05) is 24.3 Å². The predicted octanol–water partition coefficient (Wildman–Crippen LogP) is 2.11. The van der Waals surface area contributed by atoms with E-state index in [1.54, 1.807) is 6.20 Å². The van der Waals surface area contributed by atoms with Gasteiger partial charge in [0, 0.05) is 38.4 Å². The molecule has 0 bridgehead atoms. The smallest absolute Gasteiger partial charge is 0.226 e. The van der Waals surface area contributed by atoms with E-state index >= 15 is 0 Å². The zero-order chi connectivity index (χ0) is 17.4. The lowest BCUT2D eigenvalue weighted by molar-refractivity contribution is -0.137. The SMILES string of the molecule is Cn1ccnc1C(O)C1CCN(C(=O)C2Cc3ccccc3C2)CC1. The fourth-order valence-corrected chi connectivity index (χ4v) is 4.30. The molecule has 1 fully saturated rings. The van der Waals surface area contributed by atoms with E-state index in [2.05, 4.69) is 29.2 Å². The van der Waals surface area contributed by atoms with Crippen LogP contribution in [0.25, 0.3) is 0 Å². The van der Waals surface area contributed by atoms with Crippen molar-refractivity contribution in [2.45, 2.75) is 31.8 Å². The molecule has 2 aromatic rings. The summed E-state index contributed by atoms with van der Waals surface area (Å²) in [5.41, 5.74) is 2.64. The quantitative estimate of drug-likeness (QED) is 0.932. The first-order valence-electron chi connectivity index (χ1n) is 9.14. The van der Waals surface area contributed by atoms with Crippen molar-refractivity contribution in [2.24, 2.45) is 18.9 Å². The second kappa shape index (κ2) is 6.64. The third kappa shape index (κ3) is 3.09. The summed E-state index contributed by atoms with van der Waals surface area (Å²) in [5, 5.41) is 10.6. The molecule has 2 aliphatic rings. The van der Waals surface area contributed by atoms with E-state index in [9.17, 15) is 9.90 Å². The Morgan fingerprint density at radius 1 is 1.20 bits per heavy atom. The van der Waals surface area contributed by atoms with Crippen LogP contribution in [0, 0.1) is 11.8 Å². The third-order valence-electron chi connectivity index (χ3n) is 5.82. The first-order chi connectivity index (χ1) is 12.1. The molecule has 1 unspecified atom stereocenters. The summed E-state index contributed by atoms with van der Waals surface area (Å²) in [4.78, 5) is 19.1. The van der Waals surface area contributed by atoms with Crippen molar-refractivity contribution >= 4 is 5.91 Å². The fraction of sp³-hybridized carbons (Fsp3) is 0.500. The molecule has 132 valence electrons. The first-order valence-corrected chi connectivity index (χ1v) is 9.14. The van der Waals surface area contributed by atoms with Crippen molar-refractivity contribution in [3.8, 4) is 0 Å². The number of benzene rings is 1. The van der Waals surface area contributed by atoms with Gasteiger partial charge in [0.25, 0.3) is 0 Å². The minimum atomic E-state index is -0.548. The topological polar surface area (TPSA) is 58.4 Å². The summed E-state index contributed by atoms with van der Waals surface area (Å²) in [7, 11) is 1.90. The molecule has 1 N–H and O–H groups in total. The summed E-state index contributed by atoms with van der Waals surface area (Å²) in [6.07, 6.45) is 6.42. The first kappa shape index (κ1) is 16.3. The second-order valence-corrected chi connectivity index (χ2v) is 7.38. The van der Waals surface area contributed by atoms with Crippen molar-refractivity contribution in [2.75, 3.05) is 13.1 Å². The molecule has 0 radical (unpaired) electrons. The minimum Gasteiger partial charge on any atom is -0.385 e. The van der Waals surface area contributed by atoms with Gasteiger partial charge in [0.15, 0.2) is 0 Å². The number of likely N-dealkylation sites (tertiary alicyclic amines) is 1. The van der Waals surface area contributed by atoms with Crippen molar-refractivity contribution in [3.63, 3.8) is 0 Å². The molecule has 0 spiro atoms. The Hall–Kier alpha value is -2.14. The molecule has 1 atom stereocenters. The van der Waals surface area contributed by atoms with Crippen molar-refractivity contribution < 1.29 is 9.90 Å². The van der Waals surface area contributed by atoms with E-state index in [1.165, 1.54) is 11.1 Å². The number of amides is 1. The van der Waals surface area contributed by atoms with Gasteiger partial charge in [-0.25, -0.2) is 4.98 Å². The molecule has 1 aliphatic carbocycles. The van der Waals surface area contributed by atoms with E-state index in [4.69, 9.17) is 0 Å². The van der Waals surface area contributed by atoms with Crippen LogP contribution in [0.3, 0.4) is 0 Å². The highest BCUT2D eigenvalue weighted by molar-refractivity contribution is 5.80. The molecule has 1 aromatic carbocycles. The number of aliphatic hydroxyl groups excluding tert-OH is 1. The van der Waals surface area contributed by atoms with Crippen molar-refractivity contribution in [1.29, 1.82) is 0 Å². The number of hydrogen-bond donors (Lipinski definition) is 1. The van der Waals surface area contributed by atoms with E-state index in [-0.39, 0.29) is 17.7 Å². The molecular formula is C20H25N3O2. The number of piperidine rings is 1. The second-order valence-electron chi connectivity index (χ2n) is 7.38. The molecule has 1 aliphatic heterocycles. The number of carbonyl (C=O) groups is 1. The van der Waals surface area contributed by atoms with Gasteiger partial charge < -0.3 is 14.6 Å². The van der Waals surface area contributed by atoms with Gasteiger partial charge >= 0.3 is 0 Å². The Balaban J connectivity index is 1.35. The molecule has 0 saturated carbocycles. The lowest BCUT2D eigenvalue weighted by atomic mass is 9.90. The van der Waals surface area contributed by atoms with Gasteiger partial charge in [-0.15, -0.1) is 0 Å². The van der Waals surface area contributed by atoms with Gasteiger partial charge in [0.2, 0.25) is 5.91 Å². The summed E-state index contributed by atoms with van der Waals surface area (Å²) >= 11 is 0. The van der Waals surface area contributed by atoms with Crippen LogP contribution in [0.5, 0.6) is 0 Å². The number of aromatic nitrogens is 2. The van der Waals surface area contributed by atoms with Gasteiger partial charge in [0.1, 0.15) is 11.9 Å². The van der Waals surface area contributed by atoms with E-state index < -0.39 is 6.10 Å². The van der Waals surface area contributed by atoms with Crippen LogP contribution in [-0.2, 0) is 24.7 Å². The maximum absolute atomic E-state index is 12.9. The number of imidazole rings is 1. The maximum Gasteiger partial charge on any atom is 0.226 e. The van der Waals surface area contributed by atoms with Gasteiger partial charge in [0.05, 0.1) is 0 Å². The van der Waals surface area contributed by atoms with Crippen molar-refractivity contribution in [1.82, 2.24) is 14.5 Å². The standard InChI is InChI=1S/C20H25N3O2/c1-22-11-8-21-19(22)18(24)14-6-9-23(10-7-14)20(25)17-12-15-4-2-3-5-16(15)13-17/h2-5,8,11,14,17-18,24H,6-7,9-10,12-13H2,1H3. The fourth-order valence-electron chi connectivity index (χ4n) is 4.30. The molecule has 1 amide bonds. The van der Waals surface area contributed by atoms with E-state index in [0.717, 1.165) is 44.6 Å². The van der Waals surface area contributed by atoms with Crippen LogP contribution in [0.15, 0.2) is 36.7 Å². The number of aliphatic hydroxyl groups is 1. The monoisotopic (exact) mass is 339 g/mol. The van der Waals surface area contributed by atoms with Crippen LogP contribution in [0.4, 0.5) is 0 Å². The van der Waals surface area contributed by atoms with Crippen molar-refractivity contribution in [3.05, 3.63) is 53.6 Å². The number of nitrogens with zero attached hydrogens (tertiary/aromatic N) is 3. The van der Waals surface area contributed by atoms with Crippen LogP contribution >= 0.6 is 0 Å². The average Bonchev–Trinajstić information content (AvgIpc) is 3.26. The number of carbonyl (C=O) groups excluding carboxylic acids is 1. The summed E-state index contributed by atoms with van der Waals surface area (Å²) < 4.78 is 1.87. The zero-order valence-corrected chi connectivity index (χ0v) is 14.6. The van der Waals surface area contributed by atoms with Crippen LogP contribution in [-0.4, -0.2) is 38.6 Å². The highest BCUT2D eigenvalue weighted by Gasteiger charge is 2.34. The predicted molar refractivity (Wildman–Crippen MR) is 94.8 cm³/mol. The summed E-state index contributed by atoms with van der Waals surface area (Å²) in [6, 6.07) is 8.38. The van der Waals surface area contributed by atoms with Crippen LogP contribution in [0.2, 0.25) is 0 Å². The Morgan fingerprint density at radius 2 is 1.84 bits per heavy atom. The maximum atomic E-state index is 12.9. The van der Waals surface area contributed by atoms with E-state index in [0.29, 0.717) is 0 Å². The summed E-state index contributed by atoms with van der Waals surface area (Å²) in [5.74, 6) is 1.26. The molecule has 2 heterocycles. The third-order valence-corrected chi connectivity index (χ3v) is 5.82. The largest absolute Gasteiger partial charge is 0.385 e. The lowest BCUT2D eigenvalue weighted by Crippen LogP contribution is -2.43. The normalized spacial score (nSPS) is 19.8. The number of fused-ring (bicyclic) bond motifs is 1. The number of aryl methyl sites for hydroxylation is 1. The molecular weight excluding hydrogens is 314 g/mol. The summed E-state index contributed by atoms with van der Waals surface area (Å²) in [6.45, 7) is 1.47. The minimum absolute atomic E-state index is 0.0911.